The van der Waals surface area contributed by atoms with Crippen molar-refractivity contribution in [3.8, 4) is 5.75 Å². The molecule has 88 valence electrons. The second-order valence-electron chi connectivity index (χ2n) is 4.17. The molecule has 0 aromatic heterocycles. The zero-order valence-electron chi connectivity index (χ0n) is 9.42. The summed E-state index contributed by atoms with van der Waals surface area (Å²) >= 11 is 2.31. The van der Waals surface area contributed by atoms with Crippen LogP contribution in [0.2, 0.25) is 0 Å². The van der Waals surface area contributed by atoms with Crippen molar-refractivity contribution in [2.24, 2.45) is 0 Å². The van der Waals surface area contributed by atoms with Gasteiger partial charge in [0.25, 0.3) is 0 Å². The van der Waals surface area contributed by atoms with Crippen LogP contribution >= 0.6 is 22.6 Å². The molecular weight excluding hydrogens is 315 g/mol. The van der Waals surface area contributed by atoms with E-state index in [0.29, 0.717) is 0 Å². The van der Waals surface area contributed by atoms with Crippen molar-refractivity contribution >= 4 is 22.6 Å². The van der Waals surface area contributed by atoms with Gasteiger partial charge in [0.2, 0.25) is 0 Å². The summed E-state index contributed by atoms with van der Waals surface area (Å²) in [5, 5.41) is 2.39. The lowest BCUT2D eigenvalue weighted by Crippen LogP contribution is -3.20. The summed E-state index contributed by atoms with van der Waals surface area (Å²) in [5.41, 5.74) is 0. The van der Waals surface area contributed by atoms with Gasteiger partial charge < -0.3 is 15.0 Å². The monoisotopic (exact) mass is 334 g/mol. The number of halogens is 1. The molecule has 1 heterocycles. The number of ether oxygens (including phenoxy) is 1. The third kappa shape index (κ3) is 3.92. The Labute approximate surface area is 110 Å². The lowest BCUT2D eigenvalue weighted by Gasteiger charge is -2.22. The van der Waals surface area contributed by atoms with Gasteiger partial charge in [-0.3, -0.25) is 0 Å². The lowest BCUT2D eigenvalue weighted by molar-refractivity contribution is -0.946. The fourth-order valence-corrected chi connectivity index (χ4v) is 2.34. The van der Waals surface area contributed by atoms with Gasteiger partial charge in [0.1, 0.15) is 45.1 Å². The van der Waals surface area contributed by atoms with E-state index in [0.717, 1.165) is 18.9 Å². The van der Waals surface area contributed by atoms with E-state index >= 15 is 0 Å². The van der Waals surface area contributed by atoms with Crippen LogP contribution in [0.3, 0.4) is 0 Å². The van der Waals surface area contributed by atoms with E-state index in [1.807, 2.05) is 12.1 Å². The number of hydrogen-bond acceptors (Lipinski definition) is 1. The molecule has 0 unspecified atom stereocenters. The van der Waals surface area contributed by atoms with Crippen LogP contribution in [-0.2, 0) is 0 Å². The molecule has 1 aliphatic rings. The second-order valence-corrected chi connectivity index (χ2v) is 5.41. The molecule has 16 heavy (non-hydrogen) atoms. The first-order valence-corrected chi connectivity index (χ1v) is 6.96. The van der Waals surface area contributed by atoms with Crippen LogP contribution in [0, 0.1) is 3.57 Å². The average Bonchev–Trinajstić information content (AvgIpc) is 2.33. The molecule has 1 aromatic rings. The lowest BCUT2D eigenvalue weighted by atomic mass is 10.3. The quantitative estimate of drug-likeness (QED) is 0.690. The zero-order chi connectivity index (χ0) is 11.2. The minimum absolute atomic E-state index is 0.829. The summed E-state index contributed by atoms with van der Waals surface area (Å²) in [7, 11) is 0. The van der Waals surface area contributed by atoms with E-state index in [4.69, 9.17) is 4.74 Å². The fourth-order valence-electron chi connectivity index (χ4n) is 1.98. The summed E-state index contributed by atoms with van der Waals surface area (Å²) in [5.74, 6) is 0.989. The Balaban J connectivity index is 1.69. The summed E-state index contributed by atoms with van der Waals surface area (Å²) < 4.78 is 6.98. The summed E-state index contributed by atoms with van der Waals surface area (Å²) in [6, 6.07) is 8.25. The molecule has 4 heteroatoms. The smallest absolute Gasteiger partial charge is 0.137 e. The van der Waals surface area contributed by atoms with E-state index in [-0.39, 0.29) is 0 Å². The predicted octanol–water partition coefficient (Wildman–Crippen LogP) is -0.868. The predicted molar refractivity (Wildman–Crippen MR) is 71.9 cm³/mol. The molecule has 2 rings (SSSR count). The highest BCUT2D eigenvalue weighted by Gasteiger charge is 2.14. The minimum atomic E-state index is 0.829. The van der Waals surface area contributed by atoms with Crippen LogP contribution in [0.4, 0.5) is 0 Å². The van der Waals surface area contributed by atoms with Crippen LogP contribution in [0.5, 0.6) is 5.75 Å². The SMILES string of the molecule is Ic1ccc(OCC[NH+]2CC[NH2+]CC2)cc1. The fraction of sp³-hybridized carbons (Fsp3) is 0.500. The zero-order valence-corrected chi connectivity index (χ0v) is 11.6. The first kappa shape index (κ1) is 12.1. The number of nitrogens with two attached hydrogens (primary N) is 1. The van der Waals surface area contributed by atoms with E-state index in [1.165, 1.54) is 29.7 Å². The highest BCUT2D eigenvalue weighted by atomic mass is 127. The van der Waals surface area contributed by atoms with Crippen LogP contribution in [-0.4, -0.2) is 39.3 Å². The van der Waals surface area contributed by atoms with Gasteiger partial charge in [-0.25, -0.2) is 0 Å². The van der Waals surface area contributed by atoms with Gasteiger partial charge in [-0.15, -0.1) is 0 Å². The van der Waals surface area contributed by atoms with E-state index in [1.54, 1.807) is 4.90 Å². The summed E-state index contributed by atoms with van der Waals surface area (Å²) in [6.45, 7) is 7.03. The maximum Gasteiger partial charge on any atom is 0.137 e. The van der Waals surface area contributed by atoms with E-state index in [2.05, 4.69) is 40.0 Å². The van der Waals surface area contributed by atoms with E-state index in [9.17, 15) is 0 Å². The van der Waals surface area contributed by atoms with E-state index < -0.39 is 0 Å². The maximum atomic E-state index is 5.73. The van der Waals surface area contributed by atoms with Gasteiger partial charge >= 0.3 is 0 Å². The summed E-state index contributed by atoms with van der Waals surface area (Å²) in [6.07, 6.45) is 0. The third-order valence-corrected chi connectivity index (χ3v) is 3.66. The number of rotatable bonds is 4. The standard InChI is InChI=1S/C12H17IN2O/c13-11-1-3-12(4-2-11)16-10-9-15-7-5-14-6-8-15/h1-4,14H,5-10H2/p+2. The first-order valence-electron chi connectivity index (χ1n) is 5.88. The van der Waals surface area contributed by atoms with Crippen molar-refractivity contribution < 1.29 is 15.0 Å². The minimum Gasteiger partial charge on any atom is -0.488 e. The number of benzene rings is 1. The molecule has 0 amide bonds. The Morgan fingerprint density at radius 2 is 1.88 bits per heavy atom. The maximum absolute atomic E-state index is 5.73. The number of hydrogen-bond donors (Lipinski definition) is 2. The Morgan fingerprint density at radius 1 is 1.19 bits per heavy atom. The van der Waals surface area contributed by atoms with Crippen molar-refractivity contribution in [1.82, 2.24) is 0 Å². The highest BCUT2D eigenvalue weighted by molar-refractivity contribution is 14.1. The Hall–Kier alpha value is -0.330. The van der Waals surface area contributed by atoms with Crippen LogP contribution in [0.25, 0.3) is 0 Å². The van der Waals surface area contributed by atoms with Gasteiger partial charge in [0, 0.05) is 3.57 Å². The van der Waals surface area contributed by atoms with Gasteiger partial charge in [0.05, 0.1) is 0 Å². The largest absolute Gasteiger partial charge is 0.488 e. The molecule has 0 atom stereocenters. The van der Waals surface area contributed by atoms with Gasteiger partial charge in [-0.1, -0.05) is 0 Å². The Kier molecular flexibility index (Phi) is 4.87. The highest BCUT2D eigenvalue weighted by Crippen LogP contribution is 2.12. The number of nitrogens with one attached hydrogen (secondary N) is 1. The molecule has 3 nitrogen and oxygen atoms in total. The normalized spacial score (nSPS) is 17.3. The molecule has 1 fully saturated rings. The molecule has 3 N–H and O–H groups in total. The topological polar surface area (TPSA) is 30.3 Å². The molecular formula is C12H19IN2O+2. The van der Waals surface area contributed by atoms with Gasteiger partial charge in [0.15, 0.2) is 0 Å². The van der Waals surface area contributed by atoms with Crippen LogP contribution in [0.1, 0.15) is 0 Å². The van der Waals surface area contributed by atoms with Crippen molar-refractivity contribution in [3.63, 3.8) is 0 Å². The van der Waals surface area contributed by atoms with Crippen molar-refractivity contribution in [1.29, 1.82) is 0 Å². The van der Waals surface area contributed by atoms with Crippen molar-refractivity contribution in [3.05, 3.63) is 27.8 Å². The molecule has 1 aliphatic heterocycles. The number of piperazine rings is 1. The van der Waals surface area contributed by atoms with Gasteiger partial charge in [-0.05, 0) is 46.9 Å². The molecule has 0 saturated carbocycles. The first-order chi connectivity index (χ1) is 7.84. The van der Waals surface area contributed by atoms with Crippen molar-refractivity contribution in [2.75, 3.05) is 39.3 Å². The molecule has 0 radical (unpaired) electrons. The molecule has 0 spiro atoms. The average molecular weight is 334 g/mol. The molecule has 1 aromatic carbocycles. The van der Waals surface area contributed by atoms with Gasteiger partial charge in [-0.2, -0.15) is 0 Å². The Bertz CT molecular complexity index is 309. The van der Waals surface area contributed by atoms with Crippen LogP contribution < -0.4 is 15.0 Å². The molecule has 1 saturated heterocycles. The second kappa shape index (κ2) is 6.42. The molecule has 0 bridgehead atoms. The summed E-state index contributed by atoms with van der Waals surface area (Å²) in [4.78, 5) is 1.67. The van der Waals surface area contributed by atoms with Crippen LogP contribution in [0.15, 0.2) is 24.3 Å². The number of quaternary nitrogens is 2. The third-order valence-electron chi connectivity index (χ3n) is 2.94. The van der Waals surface area contributed by atoms with Crippen molar-refractivity contribution in [2.45, 2.75) is 0 Å². The Morgan fingerprint density at radius 3 is 2.56 bits per heavy atom. The molecule has 0 aliphatic carbocycles.